The van der Waals surface area contributed by atoms with Gasteiger partial charge < -0.3 is 14.4 Å². The second-order valence-electron chi connectivity index (χ2n) is 5.75. The van der Waals surface area contributed by atoms with E-state index in [0.717, 1.165) is 21.9 Å². The minimum Gasteiger partial charge on any atom is -0.493 e. The molecule has 0 radical (unpaired) electrons. The van der Waals surface area contributed by atoms with Crippen molar-refractivity contribution in [2.24, 2.45) is 0 Å². The van der Waals surface area contributed by atoms with Gasteiger partial charge in [0.15, 0.2) is 0 Å². The smallest absolute Gasteiger partial charge is 0.307 e. The normalized spacial score (nSPS) is 13.3. The van der Waals surface area contributed by atoms with Crippen LogP contribution >= 0.6 is 11.8 Å². The van der Waals surface area contributed by atoms with Gasteiger partial charge >= 0.3 is 5.97 Å². The lowest BCUT2D eigenvalue weighted by molar-refractivity contribution is -0.144. The van der Waals surface area contributed by atoms with E-state index in [0.29, 0.717) is 18.9 Å². The molecular weight excluding hydrogens is 350 g/mol. The molecule has 1 heterocycles. The van der Waals surface area contributed by atoms with E-state index in [-0.39, 0.29) is 24.9 Å². The molecule has 0 saturated heterocycles. The van der Waals surface area contributed by atoms with Crippen LogP contribution in [0.4, 0.5) is 5.69 Å². The number of esters is 1. The van der Waals surface area contributed by atoms with Gasteiger partial charge in [-0.2, -0.15) is 0 Å². The number of anilines is 1. The molecule has 1 amide bonds. The topological polar surface area (TPSA) is 55.8 Å². The standard InChI is InChI=1S/C20H21NO4S/c1-2-24-17-9-5-3-7-15(17)13-25-20(23)11-12-21-16-8-4-6-10-18(16)26-14-19(21)22/h3-10H,2,11-14H2,1H3. The summed E-state index contributed by atoms with van der Waals surface area (Å²) in [5.41, 5.74) is 1.70. The summed E-state index contributed by atoms with van der Waals surface area (Å²) in [6.07, 6.45) is 0.154. The van der Waals surface area contributed by atoms with E-state index < -0.39 is 0 Å². The molecule has 2 aromatic carbocycles. The molecule has 1 aliphatic rings. The zero-order valence-corrected chi connectivity index (χ0v) is 15.5. The Morgan fingerprint density at radius 2 is 1.92 bits per heavy atom. The molecule has 2 aromatic rings. The number of thioether (sulfide) groups is 1. The minimum atomic E-state index is -0.334. The molecular formula is C20H21NO4S. The lowest BCUT2D eigenvalue weighted by Crippen LogP contribution is -2.37. The first-order chi connectivity index (χ1) is 12.7. The third-order valence-corrected chi connectivity index (χ3v) is 5.06. The van der Waals surface area contributed by atoms with Gasteiger partial charge in [0.2, 0.25) is 5.91 Å². The maximum atomic E-state index is 12.2. The Kier molecular flexibility index (Phi) is 6.17. The molecule has 0 unspecified atom stereocenters. The van der Waals surface area contributed by atoms with Crippen LogP contribution in [0, 0.1) is 0 Å². The number of carbonyl (C=O) groups excluding carboxylic acids is 2. The van der Waals surface area contributed by atoms with Crippen molar-refractivity contribution < 1.29 is 19.1 Å². The first-order valence-corrected chi connectivity index (χ1v) is 9.56. The highest BCUT2D eigenvalue weighted by atomic mass is 32.2. The molecule has 6 heteroatoms. The average molecular weight is 371 g/mol. The molecule has 5 nitrogen and oxygen atoms in total. The van der Waals surface area contributed by atoms with Gasteiger partial charge in [-0.3, -0.25) is 9.59 Å². The van der Waals surface area contributed by atoms with Crippen molar-refractivity contribution in [3.63, 3.8) is 0 Å². The molecule has 136 valence electrons. The van der Waals surface area contributed by atoms with Gasteiger partial charge in [0.25, 0.3) is 0 Å². The van der Waals surface area contributed by atoms with E-state index in [9.17, 15) is 9.59 Å². The number of hydrogen-bond donors (Lipinski definition) is 0. The molecule has 1 aliphatic heterocycles. The van der Waals surface area contributed by atoms with Crippen LogP contribution in [0.2, 0.25) is 0 Å². The number of benzene rings is 2. The molecule has 26 heavy (non-hydrogen) atoms. The number of ether oxygens (including phenoxy) is 2. The summed E-state index contributed by atoms with van der Waals surface area (Å²) >= 11 is 1.53. The van der Waals surface area contributed by atoms with E-state index >= 15 is 0 Å². The number of fused-ring (bicyclic) bond motifs is 1. The molecule has 0 fully saturated rings. The third-order valence-electron chi connectivity index (χ3n) is 4.01. The fourth-order valence-corrected chi connectivity index (χ4v) is 3.69. The van der Waals surface area contributed by atoms with Crippen LogP contribution in [-0.2, 0) is 20.9 Å². The lowest BCUT2D eigenvalue weighted by atomic mass is 10.2. The predicted octanol–water partition coefficient (Wildman–Crippen LogP) is 3.66. The fourth-order valence-electron chi connectivity index (χ4n) is 2.75. The van der Waals surface area contributed by atoms with E-state index in [4.69, 9.17) is 9.47 Å². The van der Waals surface area contributed by atoms with Crippen molar-refractivity contribution in [3.8, 4) is 5.75 Å². The maximum Gasteiger partial charge on any atom is 0.307 e. The summed E-state index contributed by atoms with van der Waals surface area (Å²) in [5, 5.41) is 0. The van der Waals surface area contributed by atoms with Gasteiger partial charge in [-0.25, -0.2) is 0 Å². The molecule has 0 aliphatic carbocycles. The van der Waals surface area contributed by atoms with E-state index in [1.807, 2.05) is 55.5 Å². The van der Waals surface area contributed by atoms with Gasteiger partial charge in [-0.05, 0) is 25.1 Å². The second-order valence-corrected chi connectivity index (χ2v) is 6.77. The predicted molar refractivity (Wildman–Crippen MR) is 102 cm³/mol. The van der Waals surface area contributed by atoms with Crippen LogP contribution in [0.3, 0.4) is 0 Å². The summed E-state index contributed by atoms with van der Waals surface area (Å²) in [5.74, 6) is 0.802. The highest BCUT2D eigenvalue weighted by Gasteiger charge is 2.24. The monoisotopic (exact) mass is 371 g/mol. The molecule has 0 bridgehead atoms. The van der Waals surface area contributed by atoms with Crippen molar-refractivity contribution in [3.05, 3.63) is 54.1 Å². The van der Waals surface area contributed by atoms with E-state index in [1.165, 1.54) is 11.8 Å². The number of carbonyl (C=O) groups is 2. The highest BCUT2D eigenvalue weighted by molar-refractivity contribution is 8.00. The number of hydrogen-bond acceptors (Lipinski definition) is 5. The zero-order valence-electron chi connectivity index (χ0n) is 14.6. The molecule has 0 aromatic heterocycles. The fraction of sp³-hybridized carbons (Fsp3) is 0.300. The summed E-state index contributed by atoms with van der Waals surface area (Å²) < 4.78 is 10.9. The van der Waals surface area contributed by atoms with E-state index in [2.05, 4.69) is 0 Å². The Morgan fingerprint density at radius 3 is 2.77 bits per heavy atom. The number of para-hydroxylation sites is 2. The first-order valence-electron chi connectivity index (χ1n) is 8.57. The van der Waals surface area contributed by atoms with Gasteiger partial charge in [0.1, 0.15) is 12.4 Å². The zero-order chi connectivity index (χ0) is 18.4. The maximum absolute atomic E-state index is 12.2. The molecule has 0 spiro atoms. The number of amides is 1. The van der Waals surface area contributed by atoms with E-state index in [1.54, 1.807) is 4.90 Å². The molecule has 0 atom stereocenters. The van der Waals surface area contributed by atoms with Crippen molar-refractivity contribution in [1.82, 2.24) is 0 Å². The Labute approximate surface area is 157 Å². The summed E-state index contributed by atoms with van der Waals surface area (Å²) in [6, 6.07) is 15.2. The van der Waals surface area contributed by atoms with Crippen molar-refractivity contribution in [2.45, 2.75) is 24.8 Å². The number of nitrogens with zero attached hydrogens (tertiary/aromatic N) is 1. The minimum absolute atomic E-state index is 0.0168. The Morgan fingerprint density at radius 1 is 1.15 bits per heavy atom. The van der Waals surface area contributed by atoms with Gasteiger partial charge in [0, 0.05) is 17.0 Å². The van der Waals surface area contributed by atoms with Gasteiger partial charge in [0.05, 0.1) is 24.5 Å². The highest BCUT2D eigenvalue weighted by Crippen LogP contribution is 2.34. The van der Waals surface area contributed by atoms with Crippen molar-refractivity contribution in [2.75, 3.05) is 23.8 Å². The summed E-state index contributed by atoms with van der Waals surface area (Å²) in [7, 11) is 0. The second kappa shape index (κ2) is 8.76. The SMILES string of the molecule is CCOc1ccccc1COC(=O)CCN1C(=O)CSc2ccccc21. The van der Waals surface area contributed by atoms with Crippen LogP contribution in [0.25, 0.3) is 0 Å². The largest absolute Gasteiger partial charge is 0.493 e. The lowest BCUT2D eigenvalue weighted by Gasteiger charge is -2.28. The van der Waals surface area contributed by atoms with Gasteiger partial charge in [-0.1, -0.05) is 30.3 Å². The Balaban J connectivity index is 1.56. The summed E-state index contributed by atoms with van der Waals surface area (Å²) in [6.45, 7) is 2.95. The Bertz CT molecular complexity index is 793. The van der Waals surface area contributed by atoms with Crippen LogP contribution in [0.15, 0.2) is 53.4 Å². The third kappa shape index (κ3) is 4.38. The van der Waals surface area contributed by atoms with Crippen LogP contribution < -0.4 is 9.64 Å². The first kappa shape index (κ1) is 18.3. The molecule has 0 N–H and O–H groups in total. The quantitative estimate of drug-likeness (QED) is 0.695. The number of rotatable bonds is 7. The van der Waals surface area contributed by atoms with Crippen molar-refractivity contribution >= 4 is 29.3 Å². The Hall–Kier alpha value is -2.47. The van der Waals surface area contributed by atoms with Crippen molar-refractivity contribution in [1.29, 1.82) is 0 Å². The van der Waals surface area contributed by atoms with Crippen LogP contribution in [0.1, 0.15) is 18.9 Å². The summed E-state index contributed by atoms with van der Waals surface area (Å²) in [4.78, 5) is 27.1. The molecule has 3 rings (SSSR count). The van der Waals surface area contributed by atoms with Gasteiger partial charge in [-0.15, -0.1) is 11.8 Å². The molecule has 0 saturated carbocycles. The van der Waals surface area contributed by atoms with Crippen LogP contribution in [-0.4, -0.2) is 30.8 Å². The van der Waals surface area contributed by atoms with Crippen LogP contribution in [0.5, 0.6) is 5.75 Å². The average Bonchev–Trinajstić information content (AvgIpc) is 2.67.